The molecular weight excluding hydrogens is 259 g/mol. The van der Waals surface area contributed by atoms with Gasteiger partial charge in [0.2, 0.25) is 5.91 Å². The fourth-order valence-electron chi connectivity index (χ4n) is 1.67. The molecule has 0 saturated carbocycles. The van der Waals surface area contributed by atoms with E-state index < -0.39 is 0 Å². The number of rotatable bonds is 8. The van der Waals surface area contributed by atoms with Crippen LogP contribution in [0, 0.1) is 5.82 Å². The summed E-state index contributed by atoms with van der Waals surface area (Å²) in [6, 6.07) is 4.95. The van der Waals surface area contributed by atoms with Crippen molar-refractivity contribution in [3.05, 3.63) is 29.6 Å². The van der Waals surface area contributed by atoms with Crippen LogP contribution in [0.2, 0.25) is 0 Å². The average molecular weight is 282 g/mol. The van der Waals surface area contributed by atoms with E-state index in [1.165, 1.54) is 11.0 Å². The van der Waals surface area contributed by atoms with Gasteiger partial charge in [0.1, 0.15) is 0 Å². The Labute approximate surface area is 119 Å². The summed E-state index contributed by atoms with van der Waals surface area (Å²) in [5, 5.41) is 3.14. The van der Waals surface area contributed by atoms with Crippen molar-refractivity contribution < 1.29 is 13.9 Å². The van der Waals surface area contributed by atoms with Crippen molar-refractivity contribution in [2.45, 2.75) is 26.3 Å². The lowest BCUT2D eigenvalue weighted by atomic mass is 10.2. The van der Waals surface area contributed by atoms with Gasteiger partial charge >= 0.3 is 0 Å². The molecule has 0 fully saturated rings. The Hall–Kier alpha value is -1.62. The fourth-order valence-corrected chi connectivity index (χ4v) is 1.67. The van der Waals surface area contributed by atoms with E-state index in [0.717, 1.165) is 12.1 Å². The quantitative estimate of drug-likeness (QED) is 0.743. The third kappa shape index (κ3) is 5.57. The first kappa shape index (κ1) is 16.4. The van der Waals surface area contributed by atoms with Crippen LogP contribution in [-0.2, 0) is 11.3 Å². The van der Waals surface area contributed by atoms with Crippen molar-refractivity contribution in [1.82, 2.24) is 10.2 Å². The highest BCUT2D eigenvalue weighted by Crippen LogP contribution is 2.18. The Morgan fingerprint density at radius 2 is 2.15 bits per heavy atom. The zero-order valence-electron chi connectivity index (χ0n) is 12.4. The summed E-state index contributed by atoms with van der Waals surface area (Å²) in [5.41, 5.74) is 0.888. The van der Waals surface area contributed by atoms with E-state index in [9.17, 15) is 9.18 Å². The van der Waals surface area contributed by atoms with Gasteiger partial charge < -0.3 is 15.0 Å². The lowest BCUT2D eigenvalue weighted by molar-refractivity contribution is -0.128. The molecule has 1 amide bonds. The van der Waals surface area contributed by atoms with Crippen LogP contribution in [0.15, 0.2) is 18.2 Å². The highest BCUT2D eigenvalue weighted by Gasteiger charge is 2.06. The van der Waals surface area contributed by atoms with E-state index >= 15 is 0 Å². The lowest BCUT2D eigenvalue weighted by Crippen LogP contribution is -2.21. The minimum Gasteiger partial charge on any atom is -0.491 e. The van der Waals surface area contributed by atoms with E-state index in [4.69, 9.17) is 4.74 Å². The molecule has 1 aromatic rings. The maximum absolute atomic E-state index is 13.8. The van der Waals surface area contributed by atoms with E-state index in [1.54, 1.807) is 20.2 Å². The molecule has 0 aliphatic heterocycles. The molecule has 4 nitrogen and oxygen atoms in total. The van der Waals surface area contributed by atoms with Crippen molar-refractivity contribution in [2.75, 3.05) is 27.2 Å². The summed E-state index contributed by atoms with van der Waals surface area (Å²) >= 11 is 0. The molecule has 0 spiro atoms. The van der Waals surface area contributed by atoms with Gasteiger partial charge in [-0.25, -0.2) is 4.39 Å². The summed E-state index contributed by atoms with van der Waals surface area (Å²) in [4.78, 5) is 12.9. The molecular formula is C15H23FN2O2. The third-order valence-electron chi connectivity index (χ3n) is 2.87. The summed E-state index contributed by atoms with van der Waals surface area (Å²) in [6.07, 6.45) is 0.989. The first-order chi connectivity index (χ1) is 9.54. The molecule has 0 atom stereocenters. The van der Waals surface area contributed by atoms with Crippen molar-refractivity contribution in [2.24, 2.45) is 0 Å². The Balaban J connectivity index is 2.39. The normalized spacial score (nSPS) is 10.4. The minimum atomic E-state index is -0.362. The second-order valence-electron chi connectivity index (χ2n) is 4.79. The molecule has 20 heavy (non-hydrogen) atoms. The van der Waals surface area contributed by atoms with Crippen LogP contribution in [0.1, 0.15) is 25.3 Å². The first-order valence-corrected chi connectivity index (χ1v) is 6.86. The number of carbonyl (C=O) groups excluding carboxylic acids is 1. The third-order valence-corrected chi connectivity index (χ3v) is 2.87. The Morgan fingerprint density at radius 3 is 2.75 bits per heavy atom. The smallest absolute Gasteiger partial charge is 0.222 e. The summed E-state index contributed by atoms with van der Waals surface area (Å²) in [7, 11) is 3.43. The molecule has 1 rings (SSSR count). The number of amides is 1. The van der Waals surface area contributed by atoms with E-state index in [2.05, 4.69) is 5.32 Å². The van der Waals surface area contributed by atoms with Gasteiger partial charge in [-0.1, -0.05) is 13.0 Å². The number of hydrogen-bond donors (Lipinski definition) is 1. The molecule has 0 bridgehead atoms. The van der Waals surface area contributed by atoms with Gasteiger partial charge in [-0.3, -0.25) is 4.79 Å². The Morgan fingerprint density at radius 1 is 1.40 bits per heavy atom. The van der Waals surface area contributed by atoms with Gasteiger partial charge in [0.15, 0.2) is 11.6 Å². The number of halogens is 1. The maximum atomic E-state index is 13.8. The van der Waals surface area contributed by atoms with Crippen LogP contribution in [0.4, 0.5) is 4.39 Å². The maximum Gasteiger partial charge on any atom is 0.222 e. The largest absolute Gasteiger partial charge is 0.491 e. The van der Waals surface area contributed by atoms with Gasteiger partial charge in [-0.05, 0) is 30.7 Å². The SMILES string of the molecule is CCNCc1ccc(OCCCC(=O)N(C)C)c(F)c1. The molecule has 0 unspecified atom stereocenters. The summed E-state index contributed by atoms with van der Waals surface area (Å²) < 4.78 is 19.1. The predicted octanol–water partition coefficient (Wildman–Crippen LogP) is 2.18. The van der Waals surface area contributed by atoms with E-state index in [0.29, 0.717) is 26.0 Å². The van der Waals surface area contributed by atoms with Gasteiger partial charge in [-0.15, -0.1) is 0 Å². The molecule has 1 aromatic carbocycles. The first-order valence-electron chi connectivity index (χ1n) is 6.86. The zero-order chi connectivity index (χ0) is 15.0. The van der Waals surface area contributed by atoms with Crippen LogP contribution in [0.3, 0.4) is 0 Å². The molecule has 5 heteroatoms. The number of carbonyl (C=O) groups is 1. The van der Waals surface area contributed by atoms with Crippen LogP contribution in [-0.4, -0.2) is 38.1 Å². The van der Waals surface area contributed by atoms with Crippen LogP contribution in [0.5, 0.6) is 5.75 Å². The van der Waals surface area contributed by atoms with Gasteiger partial charge in [0.05, 0.1) is 6.61 Å². The molecule has 0 radical (unpaired) electrons. The number of hydrogen-bond acceptors (Lipinski definition) is 3. The average Bonchev–Trinajstić information content (AvgIpc) is 2.42. The Kier molecular flexibility index (Phi) is 7.01. The van der Waals surface area contributed by atoms with Gasteiger partial charge in [0, 0.05) is 27.1 Å². The second-order valence-corrected chi connectivity index (χ2v) is 4.79. The molecule has 0 aliphatic rings. The minimum absolute atomic E-state index is 0.0510. The van der Waals surface area contributed by atoms with Crippen LogP contribution < -0.4 is 10.1 Å². The molecule has 112 valence electrons. The zero-order valence-corrected chi connectivity index (χ0v) is 12.4. The number of nitrogens with zero attached hydrogens (tertiary/aromatic N) is 1. The summed E-state index contributed by atoms with van der Waals surface area (Å²) in [5.74, 6) is -0.0723. The molecule has 0 aromatic heterocycles. The molecule has 1 N–H and O–H groups in total. The van der Waals surface area contributed by atoms with Gasteiger partial charge in [-0.2, -0.15) is 0 Å². The molecule has 0 saturated heterocycles. The van der Waals surface area contributed by atoms with Crippen molar-refractivity contribution in [1.29, 1.82) is 0 Å². The molecule has 0 heterocycles. The Bertz CT molecular complexity index is 436. The highest BCUT2D eigenvalue weighted by molar-refractivity contribution is 5.75. The van der Waals surface area contributed by atoms with Crippen molar-refractivity contribution in [3.8, 4) is 5.75 Å². The highest BCUT2D eigenvalue weighted by atomic mass is 19.1. The van der Waals surface area contributed by atoms with E-state index in [1.807, 2.05) is 13.0 Å². The lowest BCUT2D eigenvalue weighted by Gasteiger charge is -2.11. The van der Waals surface area contributed by atoms with Crippen LogP contribution >= 0.6 is 0 Å². The van der Waals surface area contributed by atoms with Crippen LogP contribution in [0.25, 0.3) is 0 Å². The number of benzene rings is 1. The van der Waals surface area contributed by atoms with Crippen molar-refractivity contribution in [3.63, 3.8) is 0 Å². The standard InChI is InChI=1S/C15H23FN2O2/c1-4-17-11-12-7-8-14(13(16)10-12)20-9-5-6-15(19)18(2)3/h7-8,10,17H,4-6,9,11H2,1-3H3. The fraction of sp³-hybridized carbons (Fsp3) is 0.533. The second kappa shape index (κ2) is 8.53. The van der Waals surface area contributed by atoms with Crippen molar-refractivity contribution >= 4 is 5.91 Å². The topological polar surface area (TPSA) is 41.6 Å². The monoisotopic (exact) mass is 282 g/mol. The number of nitrogens with one attached hydrogen (secondary N) is 1. The van der Waals surface area contributed by atoms with Gasteiger partial charge in [0.25, 0.3) is 0 Å². The summed E-state index contributed by atoms with van der Waals surface area (Å²) in [6.45, 7) is 3.83. The molecule has 0 aliphatic carbocycles. The predicted molar refractivity (Wildman–Crippen MR) is 77.2 cm³/mol. The van der Waals surface area contributed by atoms with E-state index in [-0.39, 0.29) is 17.5 Å². The number of ether oxygens (including phenoxy) is 1.